The minimum absolute atomic E-state index is 0.0173. The molecule has 0 aliphatic rings. The molecule has 0 aliphatic carbocycles. The van der Waals surface area contributed by atoms with E-state index in [1.165, 1.54) is 11.1 Å². The zero-order valence-electron chi connectivity index (χ0n) is 15.4. The lowest BCUT2D eigenvalue weighted by Crippen LogP contribution is -2.32. The van der Waals surface area contributed by atoms with Gasteiger partial charge in [-0.05, 0) is 31.9 Å². The highest BCUT2D eigenvalue weighted by Gasteiger charge is 2.24. The Hall–Kier alpha value is -2.88. The van der Waals surface area contributed by atoms with Crippen LogP contribution in [0.2, 0.25) is 0 Å². The molecule has 0 aliphatic heterocycles. The molecule has 1 N–H and O–H groups in total. The van der Waals surface area contributed by atoms with Crippen molar-refractivity contribution in [2.75, 3.05) is 6.54 Å². The standard InChI is InChI=1S/C22H24N2O2/c1-15(21-16(2)24-26-17(21)3)22(25)23-14-20(18-10-6-4-7-11-18)19-12-8-5-9-13-19/h4-13,15,20H,14H2,1-3H3,(H,23,25). The normalized spacial score (nSPS) is 12.2. The average Bonchev–Trinajstić information content (AvgIpc) is 3.01. The molecule has 1 amide bonds. The Bertz CT molecular complexity index is 797. The van der Waals surface area contributed by atoms with Crippen LogP contribution >= 0.6 is 0 Å². The van der Waals surface area contributed by atoms with Crippen molar-refractivity contribution >= 4 is 5.91 Å². The maximum atomic E-state index is 12.7. The van der Waals surface area contributed by atoms with Gasteiger partial charge >= 0.3 is 0 Å². The second kappa shape index (κ2) is 8.00. The topological polar surface area (TPSA) is 55.1 Å². The van der Waals surface area contributed by atoms with E-state index in [2.05, 4.69) is 34.7 Å². The lowest BCUT2D eigenvalue weighted by molar-refractivity contribution is -0.122. The molecular weight excluding hydrogens is 324 g/mol. The first kappa shape index (κ1) is 17.9. The van der Waals surface area contributed by atoms with Gasteiger partial charge in [0.1, 0.15) is 5.76 Å². The number of nitrogens with zero attached hydrogens (tertiary/aromatic N) is 1. The van der Waals surface area contributed by atoms with Gasteiger partial charge in [0.2, 0.25) is 5.91 Å². The molecule has 1 aromatic heterocycles. The van der Waals surface area contributed by atoms with Crippen LogP contribution in [0.25, 0.3) is 0 Å². The molecule has 2 aromatic carbocycles. The monoisotopic (exact) mass is 348 g/mol. The molecule has 0 radical (unpaired) electrons. The summed E-state index contributed by atoms with van der Waals surface area (Å²) in [7, 11) is 0. The van der Waals surface area contributed by atoms with E-state index in [-0.39, 0.29) is 17.7 Å². The summed E-state index contributed by atoms with van der Waals surface area (Å²) in [6.07, 6.45) is 0. The summed E-state index contributed by atoms with van der Waals surface area (Å²) in [5.74, 6) is 0.496. The number of hydrogen-bond donors (Lipinski definition) is 1. The number of benzene rings is 2. The number of nitrogens with one attached hydrogen (secondary N) is 1. The Morgan fingerprint density at radius 1 is 1.00 bits per heavy atom. The Morgan fingerprint density at radius 2 is 1.54 bits per heavy atom. The molecule has 134 valence electrons. The predicted molar refractivity (Wildman–Crippen MR) is 102 cm³/mol. The third kappa shape index (κ3) is 3.85. The molecule has 3 rings (SSSR count). The fraction of sp³-hybridized carbons (Fsp3) is 0.273. The third-order valence-electron chi connectivity index (χ3n) is 4.80. The molecule has 26 heavy (non-hydrogen) atoms. The van der Waals surface area contributed by atoms with Crippen molar-refractivity contribution in [1.82, 2.24) is 10.5 Å². The van der Waals surface area contributed by atoms with Gasteiger partial charge in [0.25, 0.3) is 0 Å². The quantitative estimate of drug-likeness (QED) is 0.721. The first-order valence-electron chi connectivity index (χ1n) is 8.88. The third-order valence-corrected chi connectivity index (χ3v) is 4.80. The van der Waals surface area contributed by atoms with Crippen molar-refractivity contribution < 1.29 is 9.32 Å². The summed E-state index contributed by atoms with van der Waals surface area (Å²) in [5, 5.41) is 7.07. The van der Waals surface area contributed by atoms with E-state index >= 15 is 0 Å². The number of amides is 1. The van der Waals surface area contributed by atoms with Crippen molar-refractivity contribution in [2.45, 2.75) is 32.6 Å². The molecule has 0 saturated heterocycles. The van der Waals surface area contributed by atoms with Crippen LogP contribution in [-0.2, 0) is 4.79 Å². The van der Waals surface area contributed by atoms with Crippen molar-refractivity contribution in [3.8, 4) is 0 Å². The minimum atomic E-state index is -0.298. The van der Waals surface area contributed by atoms with E-state index in [0.717, 1.165) is 11.3 Å². The van der Waals surface area contributed by atoms with Gasteiger partial charge in [0, 0.05) is 18.0 Å². The van der Waals surface area contributed by atoms with Gasteiger partial charge < -0.3 is 9.84 Å². The highest BCUT2D eigenvalue weighted by molar-refractivity contribution is 5.83. The largest absolute Gasteiger partial charge is 0.361 e. The van der Waals surface area contributed by atoms with Crippen LogP contribution in [0.3, 0.4) is 0 Å². The van der Waals surface area contributed by atoms with E-state index in [9.17, 15) is 4.79 Å². The second-order valence-electron chi connectivity index (χ2n) is 6.58. The molecule has 0 bridgehead atoms. The minimum Gasteiger partial charge on any atom is -0.361 e. The first-order chi connectivity index (χ1) is 12.6. The van der Waals surface area contributed by atoms with Gasteiger partial charge in [0.15, 0.2) is 0 Å². The summed E-state index contributed by atoms with van der Waals surface area (Å²) < 4.78 is 5.20. The van der Waals surface area contributed by atoms with Gasteiger partial charge in [-0.25, -0.2) is 0 Å². The zero-order valence-corrected chi connectivity index (χ0v) is 15.4. The summed E-state index contributed by atoms with van der Waals surface area (Å²) >= 11 is 0. The Kier molecular flexibility index (Phi) is 5.52. The Labute approximate surface area is 154 Å². The van der Waals surface area contributed by atoms with Gasteiger partial charge in [-0.15, -0.1) is 0 Å². The molecule has 0 spiro atoms. The van der Waals surface area contributed by atoms with Crippen molar-refractivity contribution in [3.05, 3.63) is 88.8 Å². The van der Waals surface area contributed by atoms with E-state index < -0.39 is 0 Å². The van der Waals surface area contributed by atoms with E-state index in [1.807, 2.05) is 57.2 Å². The van der Waals surface area contributed by atoms with Crippen LogP contribution < -0.4 is 5.32 Å². The molecule has 1 atom stereocenters. The van der Waals surface area contributed by atoms with E-state index in [4.69, 9.17) is 4.52 Å². The van der Waals surface area contributed by atoms with Crippen LogP contribution in [0.5, 0.6) is 0 Å². The van der Waals surface area contributed by atoms with E-state index in [0.29, 0.717) is 12.3 Å². The van der Waals surface area contributed by atoms with E-state index in [1.54, 1.807) is 0 Å². The van der Waals surface area contributed by atoms with Crippen LogP contribution in [0, 0.1) is 13.8 Å². The number of carbonyl (C=O) groups excluding carboxylic acids is 1. The maximum absolute atomic E-state index is 12.7. The SMILES string of the molecule is Cc1noc(C)c1C(C)C(=O)NCC(c1ccccc1)c1ccccc1. The zero-order chi connectivity index (χ0) is 18.5. The Morgan fingerprint density at radius 3 is 2.00 bits per heavy atom. The van der Waals surface area contributed by atoms with Crippen molar-refractivity contribution in [3.63, 3.8) is 0 Å². The fourth-order valence-electron chi connectivity index (χ4n) is 3.39. The van der Waals surface area contributed by atoms with Crippen LogP contribution in [0.4, 0.5) is 0 Å². The lowest BCUT2D eigenvalue weighted by Gasteiger charge is -2.20. The molecule has 0 saturated carbocycles. The van der Waals surface area contributed by atoms with Crippen LogP contribution in [-0.4, -0.2) is 17.6 Å². The van der Waals surface area contributed by atoms with Gasteiger partial charge in [-0.2, -0.15) is 0 Å². The molecular formula is C22H24N2O2. The number of aromatic nitrogens is 1. The highest BCUT2D eigenvalue weighted by atomic mass is 16.5. The average molecular weight is 348 g/mol. The number of hydrogen-bond acceptors (Lipinski definition) is 3. The lowest BCUT2D eigenvalue weighted by atomic mass is 9.91. The molecule has 0 fully saturated rings. The number of rotatable bonds is 6. The first-order valence-corrected chi connectivity index (χ1v) is 8.88. The summed E-state index contributed by atoms with van der Waals surface area (Å²) in [6, 6.07) is 20.5. The summed E-state index contributed by atoms with van der Waals surface area (Å²) in [4.78, 5) is 12.7. The summed E-state index contributed by atoms with van der Waals surface area (Å²) in [5.41, 5.74) is 4.01. The molecule has 4 heteroatoms. The number of aryl methyl sites for hydroxylation is 2. The molecule has 1 unspecified atom stereocenters. The summed E-state index contributed by atoms with van der Waals surface area (Å²) in [6.45, 7) is 6.14. The van der Waals surface area contributed by atoms with Crippen molar-refractivity contribution in [1.29, 1.82) is 0 Å². The van der Waals surface area contributed by atoms with Crippen LogP contribution in [0.15, 0.2) is 65.2 Å². The Balaban J connectivity index is 1.77. The van der Waals surface area contributed by atoms with Crippen LogP contribution in [0.1, 0.15) is 46.9 Å². The van der Waals surface area contributed by atoms with Gasteiger partial charge in [-0.1, -0.05) is 65.8 Å². The smallest absolute Gasteiger partial charge is 0.227 e. The number of carbonyl (C=O) groups is 1. The van der Waals surface area contributed by atoms with Gasteiger partial charge in [0.05, 0.1) is 11.6 Å². The molecule has 1 heterocycles. The fourth-order valence-corrected chi connectivity index (χ4v) is 3.39. The second-order valence-corrected chi connectivity index (χ2v) is 6.58. The maximum Gasteiger partial charge on any atom is 0.227 e. The van der Waals surface area contributed by atoms with Crippen molar-refractivity contribution in [2.24, 2.45) is 0 Å². The predicted octanol–water partition coefficient (Wildman–Crippen LogP) is 4.34. The molecule has 3 aromatic rings. The van der Waals surface area contributed by atoms with Gasteiger partial charge in [-0.3, -0.25) is 4.79 Å². The highest BCUT2D eigenvalue weighted by Crippen LogP contribution is 2.26. The molecule has 4 nitrogen and oxygen atoms in total.